The fourth-order valence-corrected chi connectivity index (χ4v) is 1.40. The van der Waals surface area contributed by atoms with Crippen molar-refractivity contribution in [2.75, 3.05) is 6.54 Å². The maximum atomic E-state index is 3.32. The molecule has 0 bridgehead atoms. The predicted molar refractivity (Wildman–Crippen MR) is 32.6 cm³/mol. The van der Waals surface area contributed by atoms with Gasteiger partial charge in [0, 0.05) is 11.0 Å². The number of hydrogen-bond acceptors (Lipinski definition) is 2. The summed E-state index contributed by atoms with van der Waals surface area (Å²) in [4.78, 5) is 0. The van der Waals surface area contributed by atoms with Crippen molar-refractivity contribution in [3.63, 3.8) is 0 Å². The first-order valence-corrected chi connectivity index (χ1v) is 3.30. The molecule has 1 heterocycles. The second-order valence-corrected chi connectivity index (χ2v) is 2.78. The van der Waals surface area contributed by atoms with Crippen molar-refractivity contribution in [2.45, 2.75) is 0 Å². The molecule has 0 saturated carbocycles. The zero-order valence-electron chi connectivity index (χ0n) is 3.07. The van der Waals surface area contributed by atoms with Crippen LogP contribution < -0.4 is 4.72 Å². The average molecular weight is 166 g/mol. The highest BCUT2D eigenvalue weighted by Crippen LogP contribution is 2.15. The van der Waals surface area contributed by atoms with Crippen molar-refractivity contribution >= 4 is 27.9 Å². The van der Waals surface area contributed by atoms with Crippen LogP contribution in [0.3, 0.4) is 0 Å². The maximum Gasteiger partial charge on any atom is 0.0384 e. The summed E-state index contributed by atoms with van der Waals surface area (Å²) in [6.45, 7) is 0.977. The molecule has 0 aromatic carbocycles. The van der Waals surface area contributed by atoms with Gasteiger partial charge in [-0.15, -0.1) is 0 Å². The maximum absolute atomic E-state index is 3.32. The highest BCUT2D eigenvalue weighted by molar-refractivity contribution is 9.11. The molecule has 0 unspecified atom stereocenters. The molecule has 0 fully saturated rings. The summed E-state index contributed by atoms with van der Waals surface area (Å²) in [7, 11) is 0. The lowest BCUT2D eigenvalue weighted by molar-refractivity contribution is 1.15. The molecule has 0 amide bonds. The van der Waals surface area contributed by atoms with Gasteiger partial charge in [0.25, 0.3) is 0 Å². The van der Waals surface area contributed by atoms with Gasteiger partial charge in [-0.05, 0) is 5.41 Å². The van der Waals surface area contributed by atoms with Gasteiger partial charge in [-0.25, -0.2) is 0 Å². The van der Waals surface area contributed by atoms with Gasteiger partial charge in [0.1, 0.15) is 0 Å². The smallest absolute Gasteiger partial charge is 0.0384 e. The molecule has 0 radical (unpaired) electrons. The summed E-state index contributed by atoms with van der Waals surface area (Å²) in [5.74, 6) is 0. The Labute approximate surface area is 49.4 Å². The lowest BCUT2D eigenvalue weighted by Crippen LogP contribution is -1.95. The molecule has 0 aromatic heterocycles. The van der Waals surface area contributed by atoms with E-state index < -0.39 is 0 Å². The molecule has 1 aliphatic rings. The zero-order chi connectivity index (χ0) is 4.41. The Morgan fingerprint density at radius 1 is 2.00 bits per heavy atom. The predicted octanol–water partition coefficient (Wildman–Crippen LogP) is 1.47. The molecule has 0 aromatic rings. The van der Waals surface area contributed by atoms with E-state index in [-0.39, 0.29) is 0 Å². The van der Waals surface area contributed by atoms with Crippen molar-refractivity contribution in [1.29, 1.82) is 0 Å². The molecule has 6 heavy (non-hydrogen) atoms. The number of halogens is 1. The van der Waals surface area contributed by atoms with Crippen LogP contribution in [0, 0.1) is 0 Å². The van der Waals surface area contributed by atoms with E-state index in [1.807, 2.05) is 5.41 Å². The van der Waals surface area contributed by atoms with Crippen molar-refractivity contribution in [1.82, 2.24) is 4.72 Å². The number of nitrogens with one attached hydrogen (secondary N) is 1. The van der Waals surface area contributed by atoms with Gasteiger partial charge in [-0.2, -0.15) is 0 Å². The fraction of sp³-hybridized carbons (Fsp3) is 0.333. The van der Waals surface area contributed by atoms with E-state index in [4.69, 9.17) is 0 Å². The Balaban J connectivity index is 2.45. The van der Waals surface area contributed by atoms with Crippen LogP contribution in [0.15, 0.2) is 9.89 Å². The second kappa shape index (κ2) is 2.00. The van der Waals surface area contributed by atoms with E-state index in [1.165, 1.54) is 4.48 Å². The van der Waals surface area contributed by atoms with Gasteiger partial charge < -0.3 is 0 Å². The molecule has 1 N–H and O–H groups in total. The van der Waals surface area contributed by atoms with Crippen LogP contribution in [0.1, 0.15) is 0 Å². The van der Waals surface area contributed by atoms with Crippen molar-refractivity contribution in [3.05, 3.63) is 9.89 Å². The van der Waals surface area contributed by atoms with Gasteiger partial charge in [0.2, 0.25) is 0 Å². The largest absolute Gasteiger partial charge is 0.255 e. The molecule has 1 rings (SSSR count). The topological polar surface area (TPSA) is 12.0 Å². The number of rotatable bonds is 0. The van der Waals surface area contributed by atoms with Gasteiger partial charge in [-0.3, -0.25) is 4.72 Å². The molecule has 0 saturated heterocycles. The van der Waals surface area contributed by atoms with Crippen LogP contribution in [0.2, 0.25) is 0 Å². The summed E-state index contributed by atoms with van der Waals surface area (Å²) in [6.07, 6.45) is 0. The third-order valence-corrected chi connectivity index (χ3v) is 2.04. The lowest BCUT2D eigenvalue weighted by Gasteiger charge is -1.80. The minimum absolute atomic E-state index is 0.977. The third kappa shape index (κ3) is 0.996. The molecular formula is C3H4BrNS. The van der Waals surface area contributed by atoms with Crippen molar-refractivity contribution in [2.24, 2.45) is 0 Å². The summed E-state index contributed by atoms with van der Waals surface area (Å²) < 4.78 is 4.29. The highest BCUT2D eigenvalue weighted by Gasteiger charge is 1.96. The Kier molecular flexibility index (Phi) is 1.56. The fourth-order valence-electron chi connectivity index (χ4n) is 0.258. The minimum Gasteiger partial charge on any atom is -0.255 e. The highest BCUT2D eigenvalue weighted by atomic mass is 79.9. The summed E-state index contributed by atoms with van der Waals surface area (Å²) in [6, 6.07) is 0. The molecule has 0 atom stereocenters. The van der Waals surface area contributed by atoms with Crippen LogP contribution in [0.5, 0.6) is 0 Å². The van der Waals surface area contributed by atoms with Crippen molar-refractivity contribution < 1.29 is 0 Å². The Morgan fingerprint density at radius 3 is 3.00 bits per heavy atom. The Bertz CT molecular complexity index is 80.9. The average Bonchev–Trinajstić information content (AvgIpc) is 1.86. The van der Waals surface area contributed by atoms with E-state index in [9.17, 15) is 0 Å². The normalized spacial score (nSPS) is 21.2. The van der Waals surface area contributed by atoms with Gasteiger partial charge in [-0.1, -0.05) is 27.9 Å². The van der Waals surface area contributed by atoms with E-state index in [0.717, 1.165) is 6.54 Å². The SMILES string of the molecule is BrC1=CSNC1. The van der Waals surface area contributed by atoms with Crippen molar-refractivity contribution in [3.8, 4) is 0 Å². The molecular weight excluding hydrogens is 162 g/mol. The second-order valence-electron chi connectivity index (χ2n) is 1.00. The first-order valence-electron chi connectivity index (χ1n) is 1.62. The van der Waals surface area contributed by atoms with E-state index in [2.05, 4.69) is 20.7 Å². The van der Waals surface area contributed by atoms with Crippen LogP contribution in [0.25, 0.3) is 0 Å². The summed E-state index contributed by atoms with van der Waals surface area (Å²) in [5.41, 5.74) is 0. The van der Waals surface area contributed by atoms with Crippen LogP contribution in [0.4, 0.5) is 0 Å². The lowest BCUT2D eigenvalue weighted by atomic mass is 10.7. The quantitative estimate of drug-likeness (QED) is 0.547. The Hall–Kier alpha value is 0.530. The molecule has 1 nitrogen and oxygen atoms in total. The monoisotopic (exact) mass is 165 g/mol. The number of hydrogen-bond donors (Lipinski definition) is 1. The minimum atomic E-state index is 0.977. The van der Waals surface area contributed by atoms with Crippen LogP contribution in [-0.4, -0.2) is 6.54 Å². The van der Waals surface area contributed by atoms with Crippen LogP contribution in [-0.2, 0) is 0 Å². The first-order chi connectivity index (χ1) is 2.89. The molecule has 0 spiro atoms. The van der Waals surface area contributed by atoms with E-state index in [0.29, 0.717) is 0 Å². The van der Waals surface area contributed by atoms with Crippen LogP contribution >= 0.6 is 27.9 Å². The molecule has 0 aliphatic carbocycles. The molecule has 1 aliphatic heterocycles. The molecule has 3 heteroatoms. The van der Waals surface area contributed by atoms with E-state index >= 15 is 0 Å². The first kappa shape index (κ1) is 4.68. The summed E-state index contributed by atoms with van der Waals surface area (Å²) in [5, 5.41) is 2.04. The standard InChI is InChI=1S/C3H4BrNS/c4-3-1-5-6-2-3/h2,5H,1H2. The third-order valence-electron chi connectivity index (χ3n) is 0.511. The van der Waals surface area contributed by atoms with Gasteiger partial charge >= 0.3 is 0 Å². The molecule has 34 valence electrons. The zero-order valence-corrected chi connectivity index (χ0v) is 5.47. The van der Waals surface area contributed by atoms with Gasteiger partial charge in [0.05, 0.1) is 0 Å². The van der Waals surface area contributed by atoms with E-state index in [1.54, 1.807) is 11.9 Å². The Morgan fingerprint density at radius 2 is 2.83 bits per heavy atom. The summed E-state index contributed by atoms with van der Waals surface area (Å²) >= 11 is 4.94. The van der Waals surface area contributed by atoms with Gasteiger partial charge in [0.15, 0.2) is 0 Å².